The van der Waals surface area contributed by atoms with Gasteiger partial charge in [0.1, 0.15) is 0 Å². The van der Waals surface area contributed by atoms with Gasteiger partial charge < -0.3 is 9.47 Å². The molecule has 0 spiro atoms. The lowest BCUT2D eigenvalue weighted by Gasteiger charge is -2.38. The SMILES string of the molecule is COc1ccc(C(NN)C2CN3CCCC3CO2)cc1F. The Balaban J connectivity index is 1.76. The highest BCUT2D eigenvalue weighted by molar-refractivity contribution is 5.31. The summed E-state index contributed by atoms with van der Waals surface area (Å²) >= 11 is 0. The van der Waals surface area contributed by atoms with E-state index in [0.717, 1.165) is 25.3 Å². The molecule has 2 heterocycles. The second kappa shape index (κ2) is 6.27. The lowest BCUT2D eigenvalue weighted by atomic mass is 9.99. The zero-order valence-electron chi connectivity index (χ0n) is 12.2. The molecule has 3 atom stereocenters. The third-order valence-corrected chi connectivity index (χ3v) is 4.50. The second-order valence-corrected chi connectivity index (χ2v) is 5.70. The van der Waals surface area contributed by atoms with Gasteiger partial charge in [-0.2, -0.15) is 0 Å². The van der Waals surface area contributed by atoms with Crippen LogP contribution < -0.4 is 16.0 Å². The fraction of sp³-hybridized carbons (Fsp3) is 0.600. The van der Waals surface area contributed by atoms with Crippen LogP contribution in [0.5, 0.6) is 5.75 Å². The van der Waals surface area contributed by atoms with Gasteiger partial charge >= 0.3 is 0 Å². The molecule has 1 aromatic carbocycles. The molecule has 3 unspecified atom stereocenters. The largest absolute Gasteiger partial charge is 0.494 e. The number of fused-ring (bicyclic) bond motifs is 1. The number of rotatable bonds is 4. The standard InChI is InChI=1S/C15H22FN3O2/c1-20-13-5-4-10(7-12(13)16)15(18-17)14-8-19-6-2-3-11(19)9-21-14/h4-5,7,11,14-15,18H,2-3,6,8-9,17H2,1H3. The van der Waals surface area contributed by atoms with Crippen LogP contribution in [0.3, 0.4) is 0 Å². The maximum atomic E-state index is 13.9. The molecule has 0 amide bonds. The van der Waals surface area contributed by atoms with Crippen LogP contribution in [0, 0.1) is 5.82 Å². The molecule has 0 bridgehead atoms. The number of hydrogen-bond acceptors (Lipinski definition) is 5. The molecular weight excluding hydrogens is 273 g/mol. The van der Waals surface area contributed by atoms with Crippen molar-refractivity contribution in [1.82, 2.24) is 10.3 Å². The quantitative estimate of drug-likeness (QED) is 0.646. The zero-order valence-corrected chi connectivity index (χ0v) is 12.2. The Kier molecular flexibility index (Phi) is 4.40. The lowest BCUT2D eigenvalue weighted by molar-refractivity contribution is -0.0653. The van der Waals surface area contributed by atoms with Crippen molar-refractivity contribution < 1.29 is 13.9 Å². The van der Waals surface area contributed by atoms with Gasteiger partial charge in [-0.15, -0.1) is 0 Å². The molecule has 0 aliphatic carbocycles. The van der Waals surface area contributed by atoms with E-state index in [1.807, 2.05) is 6.07 Å². The Morgan fingerprint density at radius 1 is 1.52 bits per heavy atom. The molecule has 2 aliphatic heterocycles. The highest BCUT2D eigenvalue weighted by Gasteiger charge is 2.36. The van der Waals surface area contributed by atoms with E-state index < -0.39 is 0 Å². The summed E-state index contributed by atoms with van der Waals surface area (Å²) in [5.41, 5.74) is 3.55. The Hall–Kier alpha value is -1.21. The van der Waals surface area contributed by atoms with Crippen molar-refractivity contribution in [2.75, 3.05) is 26.8 Å². The molecule has 2 saturated heterocycles. The first-order valence-corrected chi connectivity index (χ1v) is 7.38. The number of hydrogen-bond donors (Lipinski definition) is 2. The van der Waals surface area contributed by atoms with Crippen molar-refractivity contribution in [2.45, 2.75) is 31.0 Å². The summed E-state index contributed by atoms with van der Waals surface area (Å²) in [6, 6.07) is 5.21. The van der Waals surface area contributed by atoms with Crippen molar-refractivity contribution in [3.63, 3.8) is 0 Å². The van der Waals surface area contributed by atoms with E-state index in [2.05, 4.69) is 10.3 Å². The first-order chi connectivity index (χ1) is 10.2. The minimum Gasteiger partial charge on any atom is -0.494 e. The van der Waals surface area contributed by atoms with Gasteiger partial charge in [0.2, 0.25) is 0 Å². The summed E-state index contributed by atoms with van der Waals surface area (Å²) in [4.78, 5) is 2.44. The molecule has 2 aliphatic rings. The smallest absolute Gasteiger partial charge is 0.165 e. The molecule has 6 heteroatoms. The monoisotopic (exact) mass is 295 g/mol. The van der Waals surface area contributed by atoms with E-state index >= 15 is 0 Å². The first-order valence-electron chi connectivity index (χ1n) is 7.38. The number of nitrogens with one attached hydrogen (secondary N) is 1. The summed E-state index contributed by atoms with van der Waals surface area (Å²) in [5.74, 6) is 5.54. The van der Waals surface area contributed by atoms with Gasteiger partial charge in [0.05, 0.1) is 25.9 Å². The normalized spacial score (nSPS) is 27.4. The van der Waals surface area contributed by atoms with Gasteiger partial charge in [-0.1, -0.05) is 6.07 Å². The number of halogens is 1. The van der Waals surface area contributed by atoms with Crippen LogP contribution >= 0.6 is 0 Å². The van der Waals surface area contributed by atoms with Crippen LogP contribution in [0.4, 0.5) is 4.39 Å². The van der Waals surface area contributed by atoms with E-state index in [9.17, 15) is 4.39 Å². The van der Waals surface area contributed by atoms with E-state index in [-0.39, 0.29) is 23.7 Å². The van der Waals surface area contributed by atoms with Gasteiger partial charge in [0.15, 0.2) is 11.6 Å². The van der Waals surface area contributed by atoms with Crippen molar-refractivity contribution in [1.29, 1.82) is 0 Å². The van der Waals surface area contributed by atoms with Gasteiger partial charge in [0.25, 0.3) is 0 Å². The summed E-state index contributed by atoms with van der Waals surface area (Å²) < 4.78 is 24.8. The van der Waals surface area contributed by atoms with E-state index in [0.29, 0.717) is 6.04 Å². The minimum atomic E-state index is -0.384. The maximum Gasteiger partial charge on any atom is 0.165 e. The van der Waals surface area contributed by atoms with Crippen molar-refractivity contribution in [3.8, 4) is 5.75 Å². The minimum absolute atomic E-state index is 0.0721. The Bertz CT molecular complexity index is 500. The molecule has 0 radical (unpaired) electrons. The van der Waals surface area contributed by atoms with Crippen molar-refractivity contribution in [3.05, 3.63) is 29.6 Å². The zero-order chi connectivity index (χ0) is 14.8. The molecular formula is C15H22FN3O2. The molecule has 0 aromatic heterocycles. The van der Waals surface area contributed by atoms with E-state index in [1.165, 1.54) is 26.0 Å². The predicted octanol–water partition coefficient (Wildman–Crippen LogP) is 1.20. The van der Waals surface area contributed by atoms with Crippen LogP contribution in [0.15, 0.2) is 18.2 Å². The summed E-state index contributed by atoms with van der Waals surface area (Å²) in [6.45, 7) is 2.66. The fourth-order valence-electron chi connectivity index (χ4n) is 3.34. The van der Waals surface area contributed by atoms with Gasteiger partial charge in [-0.05, 0) is 37.1 Å². The summed E-state index contributed by atoms with van der Waals surface area (Å²) in [6.07, 6.45) is 2.35. The molecule has 1 aromatic rings. The Morgan fingerprint density at radius 3 is 3.10 bits per heavy atom. The Labute approximate surface area is 124 Å². The maximum absolute atomic E-state index is 13.9. The summed E-state index contributed by atoms with van der Waals surface area (Å²) in [5, 5.41) is 0. The average molecular weight is 295 g/mol. The Morgan fingerprint density at radius 2 is 2.38 bits per heavy atom. The number of ether oxygens (including phenoxy) is 2. The highest BCUT2D eigenvalue weighted by Crippen LogP contribution is 2.30. The molecule has 21 heavy (non-hydrogen) atoms. The number of morpholine rings is 1. The topological polar surface area (TPSA) is 59.8 Å². The number of benzene rings is 1. The van der Waals surface area contributed by atoms with Crippen LogP contribution in [-0.4, -0.2) is 43.9 Å². The third kappa shape index (κ3) is 2.89. The predicted molar refractivity (Wildman–Crippen MR) is 77.4 cm³/mol. The molecule has 0 saturated carbocycles. The van der Waals surface area contributed by atoms with E-state index in [1.54, 1.807) is 6.07 Å². The first kappa shape index (κ1) is 14.7. The van der Waals surface area contributed by atoms with Crippen molar-refractivity contribution >= 4 is 0 Å². The van der Waals surface area contributed by atoms with E-state index in [4.69, 9.17) is 15.3 Å². The molecule has 116 valence electrons. The number of hydrazine groups is 1. The van der Waals surface area contributed by atoms with Crippen molar-refractivity contribution in [2.24, 2.45) is 5.84 Å². The van der Waals surface area contributed by atoms with Gasteiger partial charge in [0, 0.05) is 12.6 Å². The van der Waals surface area contributed by atoms with Gasteiger partial charge in [-0.25, -0.2) is 4.39 Å². The molecule has 3 N–H and O–H groups in total. The summed E-state index contributed by atoms with van der Waals surface area (Å²) in [7, 11) is 1.45. The molecule has 2 fully saturated rings. The average Bonchev–Trinajstić information content (AvgIpc) is 2.96. The number of nitrogens with two attached hydrogens (primary N) is 1. The van der Waals surface area contributed by atoms with Crippen LogP contribution in [-0.2, 0) is 4.74 Å². The fourth-order valence-corrected chi connectivity index (χ4v) is 3.34. The number of methoxy groups -OCH3 is 1. The van der Waals surface area contributed by atoms with Crippen LogP contribution in [0.25, 0.3) is 0 Å². The lowest BCUT2D eigenvalue weighted by Crippen LogP contribution is -2.51. The highest BCUT2D eigenvalue weighted by atomic mass is 19.1. The molecule has 5 nitrogen and oxygen atoms in total. The van der Waals surface area contributed by atoms with Gasteiger partial charge in [-0.3, -0.25) is 16.2 Å². The third-order valence-electron chi connectivity index (χ3n) is 4.50. The second-order valence-electron chi connectivity index (χ2n) is 5.70. The molecule has 3 rings (SSSR count). The van der Waals surface area contributed by atoms with Crippen LogP contribution in [0.2, 0.25) is 0 Å². The number of nitrogens with zero attached hydrogens (tertiary/aromatic N) is 1. The van der Waals surface area contributed by atoms with Crippen LogP contribution in [0.1, 0.15) is 24.4 Å².